The molecular weight excluding hydrogens is 284 g/mol. The van der Waals surface area contributed by atoms with Crippen LogP contribution in [0.5, 0.6) is 0 Å². The average molecular weight is 297 g/mol. The molecule has 0 bridgehead atoms. The number of benzene rings is 2. The lowest BCUT2D eigenvalue weighted by Crippen LogP contribution is -2.21. The molecule has 2 aromatic rings. The lowest BCUT2D eigenvalue weighted by atomic mass is 10.1. The van der Waals surface area contributed by atoms with Crippen LogP contribution in [0.4, 0.5) is 5.69 Å². The Labute approximate surface area is 128 Å². The zero-order chi connectivity index (χ0) is 14.8. The number of hydrogen-bond donors (Lipinski definition) is 0. The molecule has 104 valence electrons. The van der Waals surface area contributed by atoms with E-state index in [0.717, 1.165) is 11.3 Å². The van der Waals surface area contributed by atoms with Crippen molar-refractivity contribution in [1.29, 1.82) is 0 Å². The smallest absolute Gasteiger partial charge is 0.267 e. The summed E-state index contributed by atoms with van der Waals surface area (Å²) in [7, 11) is 0. The van der Waals surface area contributed by atoms with Gasteiger partial charge in [0.25, 0.3) is 5.91 Å². The number of rotatable bonds is 2. The van der Waals surface area contributed by atoms with Gasteiger partial charge in [0.05, 0.1) is 17.0 Å². The summed E-state index contributed by atoms with van der Waals surface area (Å²) >= 11 is 6.14. The van der Waals surface area contributed by atoms with Crippen molar-refractivity contribution in [2.75, 3.05) is 5.01 Å². The molecule has 0 saturated carbocycles. The Balaban J connectivity index is 1.98. The van der Waals surface area contributed by atoms with Crippen molar-refractivity contribution >= 4 is 35.0 Å². The second-order valence-corrected chi connectivity index (χ2v) is 5.12. The van der Waals surface area contributed by atoms with E-state index < -0.39 is 0 Å². The lowest BCUT2D eigenvalue weighted by molar-refractivity contribution is -0.114. The summed E-state index contributed by atoms with van der Waals surface area (Å²) in [5.41, 5.74) is 2.81. The second kappa shape index (κ2) is 5.54. The fourth-order valence-electron chi connectivity index (χ4n) is 2.18. The number of nitrogens with zero attached hydrogens (tertiary/aromatic N) is 2. The lowest BCUT2D eigenvalue weighted by Gasteiger charge is -2.11. The molecular formula is C17H13ClN2O. The fourth-order valence-corrected chi connectivity index (χ4v) is 2.37. The van der Waals surface area contributed by atoms with Gasteiger partial charge in [-0.3, -0.25) is 4.79 Å². The van der Waals surface area contributed by atoms with Gasteiger partial charge >= 0.3 is 0 Å². The third kappa shape index (κ3) is 2.60. The largest absolute Gasteiger partial charge is 0.280 e. The van der Waals surface area contributed by atoms with Crippen LogP contribution in [0, 0.1) is 0 Å². The van der Waals surface area contributed by atoms with Gasteiger partial charge in [-0.25, -0.2) is 0 Å². The molecule has 1 aliphatic heterocycles. The quantitative estimate of drug-likeness (QED) is 0.766. The van der Waals surface area contributed by atoms with Crippen LogP contribution < -0.4 is 5.01 Å². The highest BCUT2D eigenvalue weighted by atomic mass is 35.5. The normalized spacial score (nSPS) is 16.5. The highest BCUT2D eigenvalue weighted by Crippen LogP contribution is 2.26. The standard InChI is InChI=1S/C17H13ClN2O/c1-12-15(11-13-7-5-6-10-16(13)18)17(21)20(19-12)14-8-3-2-4-9-14/h2-11H,1H3/b15-11+. The van der Waals surface area contributed by atoms with Gasteiger partial charge in [-0.15, -0.1) is 0 Å². The molecule has 1 aliphatic rings. The zero-order valence-electron chi connectivity index (χ0n) is 11.5. The summed E-state index contributed by atoms with van der Waals surface area (Å²) in [5, 5.41) is 6.37. The Morgan fingerprint density at radius 3 is 2.43 bits per heavy atom. The van der Waals surface area contributed by atoms with Gasteiger partial charge in [-0.1, -0.05) is 48.0 Å². The van der Waals surface area contributed by atoms with Crippen LogP contribution in [-0.4, -0.2) is 11.6 Å². The van der Waals surface area contributed by atoms with Crippen LogP contribution in [-0.2, 0) is 4.79 Å². The van der Waals surface area contributed by atoms with Gasteiger partial charge in [-0.05, 0) is 36.8 Å². The molecule has 0 N–H and O–H groups in total. The van der Waals surface area contributed by atoms with Crippen LogP contribution in [0.1, 0.15) is 12.5 Å². The van der Waals surface area contributed by atoms with Crippen molar-refractivity contribution in [2.24, 2.45) is 5.10 Å². The predicted molar refractivity (Wildman–Crippen MR) is 86.5 cm³/mol. The first-order chi connectivity index (χ1) is 10.2. The van der Waals surface area contributed by atoms with Gasteiger partial charge < -0.3 is 0 Å². The van der Waals surface area contributed by atoms with E-state index in [1.165, 1.54) is 5.01 Å². The van der Waals surface area contributed by atoms with Crippen LogP contribution >= 0.6 is 11.6 Å². The molecule has 0 atom stereocenters. The molecule has 0 aliphatic carbocycles. The number of carbonyl (C=O) groups is 1. The minimum atomic E-state index is -0.140. The fraction of sp³-hybridized carbons (Fsp3) is 0.0588. The van der Waals surface area contributed by atoms with E-state index in [1.807, 2.05) is 55.5 Å². The molecule has 4 heteroatoms. The van der Waals surface area contributed by atoms with E-state index in [4.69, 9.17) is 11.6 Å². The van der Waals surface area contributed by atoms with Gasteiger partial charge in [-0.2, -0.15) is 10.1 Å². The molecule has 3 rings (SSSR count). The summed E-state index contributed by atoms with van der Waals surface area (Å²) in [6, 6.07) is 16.8. The Morgan fingerprint density at radius 1 is 1.05 bits per heavy atom. The first-order valence-electron chi connectivity index (χ1n) is 6.58. The predicted octanol–water partition coefficient (Wildman–Crippen LogP) is 4.15. The first-order valence-corrected chi connectivity index (χ1v) is 6.96. The Hall–Kier alpha value is -2.39. The van der Waals surface area contributed by atoms with Crippen LogP contribution in [0.3, 0.4) is 0 Å². The Morgan fingerprint density at radius 2 is 1.71 bits per heavy atom. The molecule has 0 unspecified atom stereocenters. The molecule has 3 nitrogen and oxygen atoms in total. The van der Waals surface area contributed by atoms with Crippen molar-refractivity contribution in [3.05, 3.63) is 70.8 Å². The van der Waals surface area contributed by atoms with Gasteiger partial charge in [0.2, 0.25) is 0 Å². The highest BCUT2D eigenvalue weighted by molar-refractivity contribution is 6.34. The Bertz CT molecular complexity index is 750. The average Bonchev–Trinajstić information content (AvgIpc) is 2.78. The van der Waals surface area contributed by atoms with E-state index in [1.54, 1.807) is 12.1 Å². The minimum absolute atomic E-state index is 0.140. The summed E-state index contributed by atoms with van der Waals surface area (Å²) < 4.78 is 0. The van der Waals surface area contributed by atoms with E-state index in [2.05, 4.69) is 5.10 Å². The Kier molecular flexibility index (Phi) is 3.59. The maximum atomic E-state index is 12.5. The van der Waals surface area contributed by atoms with Crippen LogP contribution in [0.15, 0.2) is 65.3 Å². The third-order valence-corrected chi connectivity index (χ3v) is 3.61. The van der Waals surface area contributed by atoms with Gasteiger partial charge in [0, 0.05) is 5.02 Å². The monoisotopic (exact) mass is 296 g/mol. The SMILES string of the molecule is CC1=NN(c2ccccc2)C(=O)/C1=C/c1ccccc1Cl. The van der Waals surface area contributed by atoms with E-state index in [0.29, 0.717) is 16.3 Å². The minimum Gasteiger partial charge on any atom is -0.267 e. The molecule has 21 heavy (non-hydrogen) atoms. The van der Waals surface area contributed by atoms with Crippen molar-refractivity contribution in [2.45, 2.75) is 6.92 Å². The maximum absolute atomic E-state index is 12.5. The van der Waals surface area contributed by atoms with Crippen molar-refractivity contribution in [3.8, 4) is 0 Å². The molecule has 2 aromatic carbocycles. The number of amides is 1. The van der Waals surface area contributed by atoms with Gasteiger partial charge in [0.1, 0.15) is 0 Å². The van der Waals surface area contributed by atoms with E-state index in [9.17, 15) is 4.79 Å². The molecule has 0 spiro atoms. The molecule has 0 fully saturated rings. The van der Waals surface area contributed by atoms with Gasteiger partial charge in [0.15, 0.2) is 0 Å². The first kappa shape index (κ1) is 13.6. The number of halogens is 1. The number of carbonyl (C=O) groups excluding carboxylic acids is 1. The maximum Gasteiger partial charge on any atom is 0.280 e. The third-order valence-electron chi connectivity index (χ3n) is 3.27. The number of anilines is 1. The topological polar surface area (TPSA) is 32.7 Å². The molecule has 0 aromatic heterocycles. The number of hydrazone groups is 1. The molecule has 0 radical (unpaired) electrons. The summed E-state index contributed by atoms with van der Waals surface area (Å²) in [6.07, 6.45) is 1.78. The van der Waals surface area contributed by atoms with E-state index in [-0.39, 0.29) is 5.91 Å². The van der Waals surface area contributed by atoms with Crippen LogP contribution in [0.25, 0.3) is 6.08 Å². The number of hydrogen-bond acceptors (Lipinski definition) is 2. The summed E-state index contributed by atoms with van der Waals surface area (Å²) in [5.74, 6) is -0.140. The van der Waals surface area contributed by atoms with Crippen molar-refractivity contribution < 1.29 is 4.79 Å². The van der Waals surface area contributed by atoms with E-state index >= 15 is 0 Å². The molecule has 1 amide bonds. The van der Waals surface area contributed by atoms with Crippen molar-refractivity contribution in [3.63, 3.8) is 0 Å². The second-order valence-electron chi connectivity index (χ2n) is 4.72. The highest BCUT2D eigenvalue weighted by Gasteiger charge is 2.28. The molecule has 0 saturated heterocycles. The summed E-state index contributed by atoms with van der Waals surface area (Å²) in [4.78, 5) is 12.5. The van der Waals surface area contributed by atoms with Crippen molar-refractivity contribution in [1.82, 2.24) is 0 Å². The zero-order valence-corrected chi connectivity index (χ0v) is 12.2. The summed E-state index contributed by atoms with van der Waals surface area (Å²) in [6.45, 7) is 1.82. The van der Waals surface area contributed by atoms with Crippen LogP contribution in [0.2, 0.25) is 5.02 Å². The molecule has 1 heterocycles. The number of para-hydroxylation sites is 1.